The maximum absolute atomic E-state index is 12.8. The molecule has 2 aliphatic heterocycles. The average molecular weight is 513 g/mol. The normalized spacial score (nSPS) is 40.4. The van der Waals surface area contributed by atoms with E-state index < -0.39 is 6.29 Å². The van der Waals surface area contributed by atoms with Gasteiger partial charge in [0.1, 0.15) is 5.60 Å². The van der Waals surface area contributed by atoms with Crippen molar-refractivity contribution < 1.29 is 19.0 Å². The molecule has 0 aromatic carbocycles. The highest BCUT2D eigenvalue weighted by Crippen LogP contribution is 2.88. The molecule has 5 aliphatic rings. The van der Waals surface area contributed by atoms with Crippen molar-refractivity contribution >= 4 is 5.97 Å². The van der Waals surface area contributed by atoms with Crippen LogP contribution in [-0.4, -0.2) is 30.6 Å². The number of carbonyl (C=O) groups excluding carboxylic acids is 1. The van der Waals surface area contributed by atoms with Crippen molar-refractivity contribution in [1.82, 2.24) is 0 Å². The highest BCUT2D eigenvalue weighted by molar-refractivity contribution is 5.69. The number of ether oxygens (including phenoxy) is 3. The third-order valence-corrected chi connectivity index (χ3v) is 10.7. The van der Waals surface area contributed by atoms with E-state index in [1.54, 1.807) is 0 Å². The van der Waals surface area contributed by atoms with E-state index in [2.05, 4.69) is 52.0 Å². The summed E-state index contributed by atoms with van der Waals surface area (Å²) in [6.45, 7) is 10.1. The minimum Gasteiger partial charge on any atom is -0.435 e. The van der Waals surface area contributed by atoms with Gasteiger partial charge in [0.2, 0.25) is 6.29 Å². The van der Waals surface area contributed by atoms with Gasteiger partial charge in [0.15, 0.2) is 0 Å². The maximum Gasteiger partial charge on any atom is 0.308 e. The van der Waals surface area contributed by atoms with Gasteiger partial charge in [-0.1, -0.05) is 84.1 Å². The van der Waals surface area contributed by atoms with E-state index in [-0.39, 0.29) is 22.4 Å². The SMILES string of the molecule is CCCCC/C=C\C/C=C\CCCCCCCC(=O)O[C@H]1OC[C@]23O[C@H]2[C@H]2CC(C)(C)C[C@@H]2[C@@]2(C)C[C@@]132. The second kappa shape index (κ2) is 10.8. The van der Waals surface area contributed by atoms with Gasteiger partial charge in [-0.05, 0) is 80.5 Å². The molecule has 37 heavy (non-hydrogen) atoms. The minimum absolute atomic E-state index is 0.0811. The smallest absolute Gasteiger partial charge is 0.308 e. The van der Waals surface area contributed by atoms with Crippen molar-refractivity contribution in [3.8, 4) is 0 Å². The molecule has 4 nitrogen and oxygen atoms in total. The Balaban J connectivity index is 0.958. The van der Waals surface area contributed by atoms with E-state index in [4.69, 9.17) is 14.2 Å². The maximum atomic E-state index is 12.8. The Bertz CT molecular complexity index is 876. The third-order valence-electron chi connectivity index (χ3n) is 10.7. The molecule has 7 atom stereocenters. The quantitative estimate of drug-likeness (QED) is 0.0958. The van der Waals surface area contributed by atoms with Gasteiger partial charge in [-0.3, -0.25) is 4.79 Å². The zero-order chi connectivity index (χ0) is 26.2. The molecule has 0 aromatic rings. The molecule has 5 rings (SSSR count). The highest BCUT2D eigenvalue weighted by atomic mass is 16.7. The Kier molecular flexibility index (Phi) is 8.01. The second-order valence-electron chi connectivity index (χ2n) is 13.9. The van der Waals surface area contributed by atoms with Crippen molar-refractivity contribution in [3.05, 3.63) is 24.3 Å². The van der Waals surface area contributed by atoms with Crippen LogP contribution in [0.25, 0.3) is 0 Å². The monoisotopic (exact) mass is 512 g/mol. The van der Waals surface area contributed by atoms with Gasteiger partial charge in [-0.25, -0.2) is 0 Å². The zero-order valence-electron chi connectivity index (χ0n) is 24.1. The first-order valence-electron chi connectivity index (χ1n) is 15.6. The highest BCUT2D eigenvalue weighted by Gasteiger charge is 2.95. The first-order valence-corrected chi connectivity index (χ1v) is 15.6. The average Bonchev–Trinajstić information content (AvgIpc) is 3.67. The Morgan fingerprint density at radius 2 is 1.62 bits per heavy atom. The van der Waals surface area contributed by atoms with Crippen LogP contribution in [0.5, 0.6) is 0 Å². The molecule has 5 fully saturated rings. The standard InChI is InChI=1S/C33H52O4/c1-5-6-7-8-9-10-11-12-13-14-15-16-17-18-19-20-27(34)36-29-32-23-31(32,4)26-22-30(2,3)21-25(26)28-33(32,37-28)24-35-29/h9-10,12-13,25-26,28-29H,5-8,11,14-24H2,1-4H3/b10-9-,13-12-/t25-,26-,28-,29+,31+,32-,33-/m0/s1. The number of esters is 1. The summed E-state index contributed by atoms with van der Waals surface area (Å²) in [5, 5.41) is 0. The zero-order valence-corrected chi connectivity index (χ0v) is 24.1. The molecule has 4 heteroatoms. The van der Waals surface area contributed by atoms with Crippen LogP contribution in [0.3, 0.4) is 0 Å². The van der Waals surface area contributed by atoms with Gasteiger partial charge in [-0.2, -0.15) is 0 Å². The molecule has 0 radical (unpaired) electrons. The molecule has 2 spiro atoms. The predicted molar refractivity (Wildman–Crippen MR) is 148 cm³/mol. The fraction of sp³-hybridized carbons (Fsp3) is 0.848. The second-order valence-corrected chi connectivity index (χ2v) is 13.9. The number of unbranched alkanes of at least 4 members (excludes halogenated alkanes) is 8. The number of rotatable bonds is 15. The van der Waals surface area contributed by atoms with Gasteiger partial charge < -0.3 is 14.2 Å². The Morgan fingerprint density at radius 1 is 0.919 bits per heavy atom. The van der Waals surface area contributed by atoms with E-state index in [9.17, 15) is 4.79 Å². The van der Waals surface area contributed by atoms with Crippen molar-refractivity contribution in [2.24, 2.45) is 28.1 Å². The lowest BCUT2D eigenvalue weighted by Crippen LogP contribution is -2.46. The summed E-state index contributed by atoms with van der Waals surface area (Å²) >= 11 is 0. The fourth-order valence-electron chi connectivity index (χ4n) is 8.77. The molecule has 0 aromatic heterocycles. The van der Waals surface area contributed by atoms with Crippen molar-refractivity contribution in [3.63, 3.8) is 0 Å². The lowest BCUT2D eigenvalue weighted by Gasteiger charge is -2.37. The van der Waals surface area contributed by atoms with Crippen LogP contribution in [-0.2, 0) is 19.0 Å². The summed E-state index contributed by atoms with van der Waals surface area (Å²) in [6.07, 6.45) is 26.3. The fourth-order valence-corrected chi connectivity index (χ4v) is 8.77. The molecule has 0 amide bonds. The Morgan fingerprint density at radius 3 is 2.38 bits per heavy atom. The summed E-state index contributed by atoms with van der Waals surface area (Å²) in [5.74, 6) is 1.25. The first kappa shape index (κ1) is 27.4. The van der Waals surface area contributed by atoms with Gasteiger partial charge in [-0.15, -0.1) is 0 Å². The van der Waals surface area contributed by atoms with E-state index in [1.807, 2.05) is 0 Å². The van der Waals surface area contributed by atoms with Crippen molar-refractivity contribution in [2.75, 3.05) is 6.61 Å². The molecule has 0 unspecified atom stereocenters. The van der Waals surface area contributed by atoms with Crippen LogP contribution in [0.4, 0.5) is 0 Å². The minimum atomic E-state index is -0.405. The van der Waals surface area contributed by atoms with Crippen LogP contribution in [0.15, 0.2) is 24.3 Å². The van der Waals surface area contributed by atoms with Crippen LogP contribution in [0.2, 0.25) is 0 Å². The summed E-state index contributed by atoms with van der Waals surface area (Å²) in [4.78, 5) is 12.8. The molecule has 0 N–H and O–H groups in total. The van der Waals surface area contributed by atoms with Crippen LogP contribution < -0.4 is 0 Å². The summed E-state index contributed by atoms with van der Waals surface area (Å²) in [6, 6.07) is 0. The number of hydrogen-bond donors (Lipinski definition) is 0. The third kappa shape index (κ3) is 4.99. The molecular formula is C33H52O4. The number of hydrogen-bond acceptors (Lipinski definition) is 4. The molecule has 3 saturated carbocycles. The lowest BCUT2D eigenvalue weighted by molar-refractivity contribution is -0.182. The van der Waals surface area contributed by atoms with Gasteiger partial charge in [0.25, 0.3) is 0 Å². The van der Waals surface area contributed by atoms with E-state index in [0.29, 0.717) is 36.4 Å². The largest absolute Gasteiger partial charge is 0.435 e. The molecule has 3 aliphatic carbocycles. The Hall–Kier alpha value is -1.13. The van der Waals surface area contributed by atoms with Crippen molar-refractivity contribution in [2.45, 2.75) is 142 Å². The topological polar surface area (TPSA) is 48.1 Å². The van der Waals surface area contributed by atoms with Crippen molar-refractivity contribution in [1.29, 1.82) is 0 Å². The van der Waals surface area contributed by atoms with Gasteiger partial charge >= 0.3 is 5.97 Å². The van der Waals surface area contributed by atoms with E-state index in [1.165, 1.54) is 57.8 Å². The Labute approximate surface area is 226 Å². The molecular weight excluding hydrogens is 460 g/mol. The van der Waals surface area contributed by atoms with Crippen LogP contribution in [0.1, 0.15) is 124 Å². The van der Waals surface area contributed by atoms with Gasteiger partial charge in [0.05, 0.1) is 18.1 Å². The lowest BCUT2D eigenvalue weighted by atomic mass is 9.64. The molecule has 2 heterocycles. The van der Waals surface area contributed by atoms with E-state index >= 15 is 0 Å². The summed E-state index contributed by atoms with van der Waals surface area (Å²) < 4.78 is 18.7. The van der Waals surface area contributed by atoms with Crippen LogP contribution >= 0.6 is 0 Å². The number of carbonyl (C=O) groups is 1. The molecule has 2 saturated heterocycles. The van der Waals surface area contributed by atoms with E-state index in [0.717, 1.165) is 32.1 Å². The predicted octanol–water partition coefficient (Wildman–Crippen LogP) is 8.30. The first-order chi connectivity index (χ1) is 17.8. The number of allylic oxidation sites excluding steroid dienone is 4. The summed E-state index contributed by atoms with van der Waals surface area (Å²) in [7, 11) is 0. The van der Waals surface area contributed by atoms with Crippen LogP contribution in [0, 0.1) is 28.1 Å². The summed E-state index contributed by atoms with van der Waals surface area (Å²) in [5.41, 5.74) is 0.315. The van der Waals surface area contributed by atoms with Gasteiger partial charge in [0, 0.05) is 6.42 Å². The molecule has 0 bridgehead atoms. The number of epoxide rings is 1. The number of fused-ring (bicyclic) bond motifs is 3. The molecule has 208 valence electrons.